The fraction of sp³-hybridized carbons (Fsp3) is 1.00. The summed E-state index contributed by atoms with van der Waals surface area (Å²) in [5.41, 5.74) is 0. The van der Waals surface area contributed by atoms with Gasteiger partial charge in [0.2, 0.25) is 0 Å². The Kier molecular flexibility index (Phi) is 1.28. The first-order valence-corrected chi connectivity index (χ1v) is 2.61. The molecule has 7 heavy (non-hydrogen) atoms. The lowest BCUT2D eigenvalue weighted by Gasteiger charge is -1.93. The van der Waals surface area contributed by atoms with Crippen molar-refractivity contribution in [3.8, 4) is 0 Å². The molecule has 0 aliphatic heterocycles. The first-order valence-electron chi connectivity index (χ1n) is 2.61. The third kappa shape index (κ3) is 1.13. The van der Waals surface area contributed by atoms with Crippen LogP contribution in [0.15, 0.2) is 0 Å². The van der Waals surface area contributed by atoms with Gasteiger partial charge < -0.3 is 5.11 Å². The first kappa shape index (κ1) is 5.04. The van der Waals surface area contributed by atoms with E-state index in [4.69, 9.17) is 5.11 Å². The number of halogens is 1. The van der Waals surface area contributed by atoms with Crippen LogP contribution in [0.2, 0.25) is 0 Å². The lowest BCUT2D eigenvalue weighted by atomic mass is 10.3. The zero-order valence-electron chi connectivity index (χ0n) is 4.10. The molecule has 0 amide bonds. The van der Waals surface area contributed by atoms with Crippen LogP contribution < -0.4 is 0 Å². The molecule has 2 heteroatoms. The van der Waals surface area contributed by atoms with Gasteiger partial charge in [-0.25, -0.2) is 4.39 Å². The van der Waals surface area contributed by atoms with E-state index >= 15 is 0 Å². The van der Waals surface area contributed by atoms with Crippen LogP contribution in [0, 0.1) is 0 Å². The second kappa shape index (κ2) is 1.78. The Morgan fingerprint density at radius 3 is 2.29 bits per heavy atom. The van der Waals surface area contributed by atoms with Crippen LogP contribution >= 0.6 is 0 Å². The van der Waals surface area contributed by atoms with Gasteiger partial charge in [0.25, 0.3) is 0 Å². The summed E-state index contributed by atoms with van der Waals surface area (Å²) in [7, 11) is 0. The van der Waals surface area contributed by atoms with Gasteiger partial charge in [-0.1, -0.05) is 0 Å². The Morgan fingerprint density at radius 2 is 2.14 bits per heavy atom. The van der Waals surface area contributed by atoms with Gasteiger partial charge in [0.15, 0.2) is 0 Å². The Morgan fingerprint density at radius 1 is 1.43 bits per heavy atom. The van der Waals surface area contributed by atoms with Crippen LogP contribution in [0.1, 0.15) is 19.3 Å². The second-order valence-corrected chi connectivity index (χ2v) is 2.06. The molecule has 1 aliphatic rings. The van der Waals surface area contributed by atoms with Gasteiger partial charge in [-0.15, -0.1) is 0 Å². The predicted molar refractivity (Wildman–Crippen MR) is 24.8 cm³/mol. The molecular formula is C5H9FO. The van der Waals surface area contributed by atoms with E-state index < -0.39 is 6.17 Å². The zero-order chi connectivity index (χ0) is 5.28. The van der Waals surface area contributed by atoms with Crippen molar-refractivity contribution in [1.82, 2.24) is 0 Å². The molecule has 1 nitrogen and oxygen atoms in total. The maximum Gasteiger partial charge on any atom is 0.103 e. The van der Waals surface area contributed by atoms with Crippen LogP contribution in [0.25, 0.3) is 0 Å². The molecule has 0 aromatic carbocycles. The highest BCUT2D eigenvalue weighted by atomic mass is 19.1. The molecule has 0 aromatic heterocycles. The van der Waals surface area contributed by atoms with E-state index in [2.05, 4.69) is 0 Å². The van der Waals surface area contributed by atoms with Crippen molar-refractivity contribution in [2.45, 2.75) is 31.5 Å². The van der Waals surface area contributed by atoms with Crippen molar-refractivity contribution in [2.75, 3.05) is 0 Å². The smallest absolute Gasteiger partial charge is 0.103 e. The number of aliphatic hydroxyl groups excluding tert-OH is 1. The Labute approximate surface area is 42.2 Å². The van der Waals surface area contributed by atoms with Crippen molar-refractivity contribution in [3.63, 3.8) is 0 Å². The van der Waals surface area contributed by atoms with Crippen molar-refractivity contribution in [2.24, 2.45) is 0 Å². The van der Waals surface area contributed by atoms with E-state index in [1.54, 1.807) is 0 Å². The molecule has 0 heterocycles. The predicted octanol–water partition coefficient (Wildman–Crippen LogP) is 0.869. The fourth-order valence-electron chi connectivity index (χ4n) is 0.904. The summed E-state index contributed by atoms with van der Waals surface area (Å²) in [6.45, 7) is 0. The third-order valence-corrected chi connectivity index (χ3v) is 1.34. The van der Waals surface area contributed by atoms with Crippen molar-refractivity contribution in [1.29, 1.82) is 0 Å². The molecule has 1 rings (SSSR count). The molecule has 42 valence electrons. The van der Waals surface area contributed by atoms with Crippen LogP contribution in [0.3, 0.4) is 0 Å². The number of alkyl halides is 1. The molecule has 0 bridgehead atoms. The van der Waals surface area contributed by atoms with Crippen molar-refractivity contribution >= 4 is 0 Å². The molecule has 0 unspecified atom stereocenters. The topological polar surface area (TPSA) is 20.2 Å². The lowest BCUT2D eigenvalue weighted by molar-refractivity contribution is 0.171. The Balaban J connectivity index is 2.26. The highest BCUT2D eigenvalue weighted by Crippen LogP contribution is 2.20. The van der Waals surface area contributed by atoms with E-state index in [1.807, 2.05) is 0 Å². The maximum atomic E-state index is 12.0. The highest BCUT2D eigenvalue weighted by Gasteiger charge is 2.21. The zero-order valence-corrected chi connectivity index (χ0v) is 4.10. The molecule has 1 saturated carbocycles. The lowest BCUT2D eigenvalue weighted by Crippen LogP contribution is -1.98. The first-order chi connectivity index (χ1) is 3.29. The molecule has 1 fully saturated rings. The van der Waals surface area contributed by atoms with Gasteiger partial charge in [-0.3, -0.25) is 0 Å². The Bertz CT molecular complexity index is 57.1. The number of rotatable bonds is 0. The van der Waals surface area contributed by atoms with E-state index in [0.29, 0.717) is 19.3 Å². The normalized spacial score (nSPS) is 42.0. The number of hydrogen-bond donors (Lipinski definition) is 1. The molecule has 1 aliphatic carbocycles. The van der Waals surface area contributed by atoms with Crippen LogP contribution in [-0.4, -0.2) is 17.4 Å². The van der Waals surface area contributed by atoms with Crippen LogP contribution in [0.4, 0.5) is 4.39 Å². The SMILES string of the molecule is O[C@H]1CC[C@H](F)C1. The Hall–Kier alpha value is -0.110. The number of aliphatic hydroxyl groups is 1. The van der Waals surface area contributed by atoms with Crippen LogP contribution in [-0.2, 0) is 0 Å². The molecular weight excluding hydrogens is 95.1 g/mol. The summed E-state index contributed by atoms with van der Waals surface area (Å²) in [6.07, 6.45) is 0.493. The largest absolute Gasteiger partial charge is 0.393 e. The van der Waals surface area contributed by atoms with Gasteiger partial charge >= 0.3 is 0 Å². The summed E-state index contributed by atoms with van der Waals surface area (Å²) in [4.78, 5) is 0. The van der Waals surface area contributed by atoms with Gasteiger partial charge in [-0.2, -0.15) is 0 Å². The summed E-state index contributed by atoms with van der Waals surface area (Å²) in [5, 5.41) is 8.66. The minimum absolute atomic E-state index is 0.352. The summed E-state index contributed by atoms with van der Waals surface area (Å²) in [5.74, 6) is 0. The molecule has 0 spiro atoms. The quantitative estimate of drug-likeness (QED) is 0.483. The standard InChI is InChI=1S/C5H9FO/c6-4-1-2-5(7)3-4/h4-5,7H,1-3H2/t4-,5-/m0/s1. The second-order valence-electron chi connectivity index (χ2n) is 2.06. The summed E-state index contributed by atoms with van der Waals surface area (Å²) in [6, 6.07) is 0. The summed E-state index contributed by atoms with van der Waals surface area (Å²) >= 11 is 0. The van der Waals surface area contributed by atoms with Crippen molar-refractivity contribution in [3.05, 3.63) is 0 Å². The van der Waals surface area contributed by atoms with Gasteiger partial charge in [-0.05, 0) is 12.8 Å². The monoisotopic (exact) mass is 104 g/mol. The fourth-order valence-corrected chi connectivity index (χ4v) is 0.904. The molecule has 0 aromatic rings. The van der Waals surface area contributed by atoms with E-state index in [9.17, 15) is 4.39 Å². The summed E-state index contributed by atoms with van der Waals surface area (Å²) < 4.78 is 12.0. The molecule has 0 radical (unpaired) electrons. The minimum Gasteiger partial charge on any atom is -0.393 e. The molecule has 1 N–H and O–H groups in total. The molecule has 2 atom stereocenters. The average molecular weight is 104 g/mol. The third-order valence-electron chi connectivity index (χ3n) is 1.34. The molecule has 0 saturated heterocycles. The number of hydrogen-bond acceptors (Lipinski definition) is 1. The van der Waals surface area contributed by atoms with Gasteiger partial charge in [0.05, 0.1) is 6.10 Å². The minimum atomic E-state index is -0.727. The van der Waals surface area contributed by atoms with Crippen LogP contribution in [0.5, 0.6) is 0 Å². The van der Waals surface area contributed by atoms with Gasteiger partial charge in [0.1, 0.15) is 6.17 Å². The van der Waals surface area contributed by atoms with E-state index in [-0.39, 0.29) is 6.10 Å². The average Bonchev–Trinajstić information content (AvgIpc) is 1.87. The van der Waals surface area contributed by atoms with E-state index in [0.717, 1.165) is 0 Å². The van der Waals surface area contributed by atoms with Crippen molar-refractivity contribution < 1.29 is 9.50 Å². The van der Waals surface area contributed by atoms with E-state index in [1.165, 1.54) is 0 Å². The van der Waals surface area contributed by atoms with Gasteiger partial charge in [0, 0.05) is 6.42 Å². The maximum absolute atomic E-state index is 12.0. The highest BCUT2D eigenvalue weighted by molar-refractivity contribution is 4.72.